The first-order valence-corrected chi connectivity index (χ1v) is 10.9. The largest absolute Gasteiger partial charge is 0.506 e. The average Bonchev–Trinajstić information content (AvgIpc) is 3.03. The molecule has 0 saturated carbocycles. The lowest BCUT2D eigenvalue weighted by molar-refractivity contribution is 0.105. The molecular formula is C24H15NO5S. The zero-order valence-electron chi connectivity index (χ0n) is 16.0. The highest BCUT2D eigenvalue weighted by molar-refractivity contribution is 7.91. The maximum atomic E-state index is 13.0. The lowest BCUT2D eigenvalue weighted by Gasteiger charge is -2.07. The van der Waals surface area contributed by atoms with Crippen LogP contribution in [0.3, 0.4) is 0 Å². The normalized spacial score (nSPS) is 13.6. The van der Waals surface area contributed by atoms with Gasteiger partial charge in [0.05, 0.1) is 20.9 Å². The number of fused-ring (bicyclic) bond motifs is 2. The summed E-state index contributed by atoms with van der Waals surface area (Å²) in [5.41, 5.74) is 0.573. The van der Waals surface area contributed by atoms with E-state index in [0.717, 1.165) is 0 Å². The summed E-state index contributed by atoms with van der Waals surface area (Å²) in [5.74, 6) is -1.20. The molecule has 0 atom stereocenters. The summed E-state index contributed by atoms with van der Waals surface area (Å²) < 4.78 is 25.9. The molecular weight excluding hydrogens is 414 g/mol. The Kier molecular flexibility index (Phi) is 4.16. The van der Waals surface area contributed by atoms with E-state index in [4.69, 9.17) is 0 Å². The van der Waals surface area contributed by atoms with Gasteiger partial charge in [-0.2, -0.15) is 0 Å². The van der Waals surface area contributed by atoms with Crippen molar-refractivity contribution >= 4 is 37.9 Å². The molecule has 1 heterocycles. The van der Waals surface area contributed by atoms with Gasteiger partial charge >= 0.3 is 0 Å². The van der Waals surface area contributed by atoms with Gasteiger partial charge in [0, 0.05) is 16.5 Å². The third-order valence-corrected chi connectivity index (χ3v) is 7.03. The van der Waals surface area contributed by atoms with Crippen LogP contribution in [0.5, 0.6) is 5.75 Å². The van der Waals surface area contributed by atoms with Gasteiger partial charge in [0.1, 0.15) is 17.2 Å². The summed E-state index contributed by atoms with van der Waals surface area (Å²) in [4.78, 5) is 17.4. The second-order valence-electron chi connectivity index (χ2n) is 7.13. The number of aliphatic hydroxyl groups is 1. The molecule has 152 valence electrons. The monoisotopic (exact) mass is 429 g/mol. The fraction of sp³-hybridized carbons (Fsp3) is 0. The minimum Gasteiger partial charge on any atom is -0.506 e. The second-order valence-corrected chi connectivity index (χ2v) is 9.08. The van der Waals surface area contributed by atoms with E-state index < -0.39 is 21.4 Å². The molecule has 0 aliphatic heterocycles. The van der Waals surface area contributed by atoms with Crippen molar-refractivity contribution in [2.45, 2.75) is 9.79 Å². The average molecular weight is 429 g/mol. The van der Waals surface area contributed by atoms with E-state index in [1.54, 1.807) is 42.5 Å². The number of aliphatic hydroxyl groups excluding tert-OH is 1. The Morgan fingerprint density at radius 2 is 1.45 bits per heavy atom. The number of sulfone groups is 1. The Morgan fingerprint density at radius 3 is 2.23 bits per heavy atom. The number of hydrogen-bond acceptors (Lipinski definition) is 6. The number of para-hydroxylation sites is 1. The lowest BCUT2D eigenvalue weighted by Crippen LogP contribution is -2.04. The van der Waals surface area contributed by atoms with Crippen molar-refractivity contribution < 1.29 is 23.4 Å². The molecule has 5 rings (SSSR count). The smallest absolute Gasteiger partial charge is 0.206 e. The standard InChI is InChI=1S/C24H15NO5S/c26-20-12-14-6-4-5-9-19(14)25-22(20)21-23(27)17-11-10-16(13-18(17)24(21)28)31(29,30)15-7-2-1-3-8-15/h1-13,26,28H. The molecule has 0 unspecified atom stereocenters. The number of nitrogens with zero attached hydrogens (tertiary/aromatic N) is 1. The van der Waals surface area contributed by atoms with E-state index in [2.05, 4.69) is 4.98 Å². The van der Waals surface area contributed by atoms with Crippen LogP contribution in [0.4, 0.5) is 0 Å². The predicted molar refractivity (Wildman–Crippen MR) is 116 cm³/mol. The summed E-state index contributed by atoms with van der Waals surface area (Å²) in [7, 11) is -3.83. The maximum absolute atomic E-state index is 13.0. The van der Waals surface area contributed by atoms with Crippen LogP contribution >= 0.6 is 0 Å². The van der Waals surface area contributed by atoms with Crippen molar-refractivity contribution in [3.8, 4) is 5.75 Å². The van der Waals surface area contributed by atoms with Crippen molar-refractivity contribution in [2.75, 3.05) is 0 Å². The van der Waals surface area contributed by atoms with Crippen LogP contribution in [-0.2, 0) is 9.84 Å². The highest BCUT2D eigenvalue weighted by Gasteiger charge is 2.34. The molecule has 4 aromatic rings. The Balaban J connectivity index is 1.67. The maximum Gasteiger partial charge on any atom is 0.206 e. The number of pyridine rings is 1. The number of ketones is 1. The van der Waals surface area contributed by atoms with Crippen molar-refractivity contribution in [1.82, 2.24) is 4.98 Å². The molecule has 0 fully saturated rings. The van der Waals surface area contributed by atoms with Gasteiger partial charge in [0.15, 0.2) is 5.78 Å². The molecule has 0 saturated heterocycles. The van der Waals surface area contributed by atoms with Crippen LogP contribution in [0.25, 0.3) is 22.2 Å². The SMILES string of the molecule is O=C1C(c2nc3ccccc3cc2O)=C(O)c2cc(S(=O)(=O)c3ccccc3)ccc21. The van der Waals surface area contributed by atoms with E-state index in [1.807, 2.05) is 0 Å². The number of Topliss-reactive ketones (excluding diaryl/α,β-unsaturated/α-hetero) is 1. The summed E-state index contributed by atoms with van der Waals surface area (Å²) in [6.07, 6.45) is 0. The third-order valence-electron chi connectivity index (χ3n) is 5.26. The Labute approximate surface area is 177 Å². The summed E-state index contributed by atoms with van der Waals surface area (Å²) in [5, 5.41) is 22.0. The fourth-order valence-electron chi connectivity index (χ4n) is 3.71. The first-order valence-electron chi connectivity index (χ1n) is 9.39. The van der Waals surface area contributed by atoms with Gasteiger partial charge in [-0.25, -0.2) is 13.4 Å². The number of carbonyl (C=O) groups excluding carboxylic acids is 1. The van der Waals surface area contributed by atoms with Crippen molar-refractivity contribution in [2.24, 2.45) is 0 Å². The van der Waals surface area contributed by atoms with Gasteiger partial charge < -0.3 is 10.2 Å². The van der Waals surface area contributed by atoms with Crippen LogP contribution in [0.2, 0.25) is 0 Å². The molecule has 2 N–H and O–H groups in total. The van der Waals surface area contributed by atoms with Crippen LogP contribution in [0.1, 0.15) is 21.6 Å². The fourth-order valence-corrected chi connectivity index (χ4v) is 5.01. The van der Waals surface area contributed by atoms with Crippen LogP contribution in [0, 0.1) is 0 Å². The first-order chi connectivity index (χ1) is 14.9. The van der Waals surface area contributed by atoms with Gasteiger partial charge in [0.2, 0.25) is 9.84 Å². The highest BCUT2D eigenvalue weighted by Crippen LogP contribution is 2.41. The number of aromatic nitrogens is 1. The Hall–Kier alpha value is -3.97. The zero-order valence-corrected chi connectivity index (χ0v) is 16.8. The van der Waals surface area contributed by atoms with Crippen molar-refractivity contribution in [3.05, 3.63) is 95.7 Å². The number of hydrogen-bond donors (Lipinski definition) is 2. The second kappa shape index (κ2) is 6.78. The molecule has 1 aliphatic rings. The zero-order chi connectivity index (χ0) is 21.8. The molecule has 6 nitrogen and oxygen atoms in total. The number of carbonyl (C=O) groups is 1. The molecule has 1 aliphatic carbocycles. The third kappa shape index (κ3) is 2.90. The van der Waals surface area contributed by atoms with E-state index in [1.165, 1.54) is 36.4 Å². The quantitative estimate of drug-likeness (QED) is 0.500. The number of benzene rings is 3. The van der Waals surface area contributed by atoms with E-state index in [-0.39, 0.29) is 37.9 Å². The summed E-state index contributed by atoms with van der Waals surface area (Å²) in [6.45, 7) is 0. The van der Waals surface area contributed by atoms with E-state index >= 15 is 0 Å². The molecule has 31 heavy (non-hydrogen) atoms. The molecule has 3 aromatic carbocycles. The highest BCUT2D eigenvalue weighted by atomic mass is 32.2. The minimum absolute atomic E-state index is 0.0475. The summed E-state index contributed by atoms with van der Waals surface area (Å²) in [6, 6.07) is 20.4. The molecule has 1 aromatic heterocycles. The Bertz CT molecular complexity index is 1520. The molecule has 0 bridgehead atoms. The lowest BCUT2D eigenvalue weighted by atomic mass is 10.0. The number of rotatable bonds is 3. The first kappa shape index (κ1) is 19.0. The summed E-state index contributed by atoms with van der Waals surface area (Å²) >= 11 is 0. The Morgan fingerprint density at radius 1 is 0.742 bits per heavy atom. The van der Waals surface area contributed by atoms with E-state index in [0.29, 0.717) is 10.9 Å². The van der Waals surface area contributed by atoms with Crippen molar-refractivity contribution in [1.29, 1.82) is 0 Å². The minimum atomic E-state index is -3.83. The molecule has 0 spiro atoms. The molecule has 7 heteroatoms. The van der Waals surface area contributed by atoms with Gasteiger partial charge in [-0.1, -0.05) is 36.4 Å². The molecule has 0 amide bonds. The van der Waals surface area contributed by atoms with Gasteiger partial charge in [0.25, 0.3) is 0 Å². The van der Waals surface area contributed by atoms with Crippen molar-refractivity contribution in [3.63, 3.8) is 0 Å². The van der Waals surface area contributed by atoms with Crippen LogP contribution < -0.4 is 0 Å². The van der Waals surface area contributed by atoms with Gasteiger partial charge in [-0.05, 0) is 42.5 Å². The van der Waals surface area contributed by atoms with Gasteiger partial charge in [-0.3, -0.25) is 4.79 Å². The molecule has 0 radical (unpaired) electrons. The van der Waals surface area contributed by atoms with Gasteiger partial charge in [-0.15, -0.1) is 0 Å². The van der Waals surface area contributed by atoms with Crippen LogP contribution in [0.15, 0.2) is 88.7 Å². The number of allylic oxidation sites excluding steroid dienone is 1. The topological polar surface area (TPSA) is 105 Å². The number of aromatic hydroxyl groups is 1. The predicted octanol–water partition coefficient (Wildman–Crippen LogP) is 4.40. The van der Waals surface area contributed by atoms with Crippen LogP contribution in [-0.4, -0.2) is 29.4 Å². The van der Waals surface area contributed by atoms with E-state index in [9.17, 15) is 23.4 Å².